The van der Waals surface area contributed by atoms with Crippen LogP contribution in [0.25, 0.3) is 0 Å². The molecule has 11 heteroatoms. The summed E-state index contributed by atoms with van der Waals surface area (Å²) in [4.78, 5) is 0.937. The molecule has 0 fully saturated rings. The normalized spacial score (nSPS) is 16.5. The van der Waals surface area contributed by atoms with Crippen molar-refractivity contribution in [2.45, 2.75) is 24.3 Å². The van der Waals surface area contributed by atoms with Crippen LogP contribution < -0.4 is 9.46 Å². The first-order valence-electron chi connectivity index (χ1n) is 10.1. The van der Waals surface area contributed by atoms with Crippen LogP contribution >= 0.6 is 11.3 Å². The number of sulfonamides is 2. The quantitative estimate of drug-likeness (QED) is 0.497. The van der Waals surface area contributed by atoms with Crippen LogP contribution in [-0.4, -0.2) is 39.8 Å². The van der Waals surface area contributed by atoms with Gasteiger partial charge < -0.3 is 4.74 Å². The highest BCUT2D eigenvalue weighted by molar-refractivity contribution is 7.92. The number of para-hydroxylation sites is 1. The number of benzene rings is 2. The first-order chi connectivity index (χ1) is 15.7. The maximum atomic E-state index is 13.5. The third kappa shape index (κ3) is 4.75. The molecule has 1 N–H and O–H groups in total. The van der Waals surface area contributed by atoms with Crippen molar-refractivity contribution >= 4 is 42.8 Å². The zero-order chi connectivity index (χ0) is 23.6. The van der Waals surface area contributed by atoms with E-state index in [1.165, 1.54) is 30.6 Å². The standard InChI is InChI=1S/C22H23N3O5S3/c1-3-32(26,27)24-19-8-5-4-7-18(19)20-15-21(22-9-6-14-31-22)25(23-20)33(28,29)17-12-10-16(30-2)11-13-17/h4-14,21,24H,3,15H2,1-2H3/t21-/m0/s1. The minimum Gasteiger partial charge on any atom is -0.497 e. The number of hydrogen-bond donors (Lipinski definition) is 1. The maximum absolute atomic E-state index is 13.5. The number of nitrogens with one attached hydrogen (secondary N) is 1. The van der Waals surface area contributed by atoms with E-state index in [0.717, 1.165) is 9.29 Å². The highest BCUT2D eigenvalue weighted by atomic mass is 32.2. The zero-order valence-electron chi connectivity index (χ0n) is 18.0. The van der Waals surface area contributed by atoms with Crippen LogP contribution in [0.4, 0.5) is 5.69 Å². The monoisotopic (exact) mass is 505 g/mol. The second-order valence-electron chi connectivity index (χ2n) is 7.29. The van der Waals surface area contributed by atoms with Crippen LogP contribution in [0.2, 0.25) is 0 Å². The molecule has 0 amide bonds. The fourth-order valence-electron chi connectivity index (χ4n) is 3.49. The van der Waals surface area contributed by atoms with E-state index in [1.807, 2.05) is 17.5 Å². The molecule has 174 valence electrons. The van der Waals surface area contributed by atoms with Crippen LogP contribution in [0.15, 0.2) is 76.0 Å². The number of ether oxygens (including phenoxy) is 1. The molecule has 0 bridgehead atoms. The Balaban J connectivity index is 1.78. The van der Waals surface area contributed by atoms with Crippen molar-refractivity contribution in [2.24, 2.45) is 5.10 Å². The van der Waals surface area contributed by atoms with Crippen molar-refractivity contribution in [3.63, 3.8) is 0 Å². The smallest absolute Gasteiger partial charge is 0.279 e. The Morgan fingerprint density at radius 2 is 1.79 bits per heavy atom. The number of methoxy groups -OCH3 is 1. The van der Waals surface area contributed by atoms with Gasteiger partial charge in [0.05, 0.1) is 29.2 Å². The molecule has 1 atom stereocenters. The van der Waals surface area contributed by atoms with Gasteiger partial charge in [-0.1, -0.05) is 24.3 Å². The molecule has 2 heterocycles. The van der Waals surface area contributed by atoms with E-state index in [2.05, 4.69) is 9.82 Å². The molecule has 0 saturated heterocycles. The molecule has 0 radical (unpaired) electrons. The van der Waals surface area contributed by atoms with Gasteiger partial charge in [-0.05, 0) is 48.7 Å². The van der Waals surface area contributed by atoms with E-state index in [-0.39, 0.29) is 10.6 Å². The summed E-state index contributed by atoms with van der Waals surface area (Å²) in [5, 5.41) is 6.39. The van der Waals surface area contributed by atoms with Gasteiger partial charge in [-0.3, -0.25) is 4.72 Å². The van der Waals surface area contributed by atoms with Gasteiger partial charge in [0.1, 0.15) is 11.8 Å². The Hall–Kier alpha value is -2.89. The van der Waals surface area contributed by atoms with Crippen molar-refractivity contribution in [1.29, 1.82) is 0 Å². The van der Waals surface area contributed by atoms with Gasteiger partial charge in [0.15, 0.2) is 0 Å². The predicted octanol–water partition coefficient (Wildman–Crippen LogP) is 4.06. The predicted molar refractivity (Wildman–Crippen MR) is 130 cm³/mol. The number of anilines is 1. The number of thiophene rings is 1. The second kappa shape index (κ2) is 9.16. The van der Waals surface area contributed by atoms with Crippen LogP contribution in [0.3, 0.4) is 0 Å². The molecule has 8 nitrogen and oxygen atoms in total. The molecule has 1 aromatic heterocycles. The Morgan fingerprint density at radius 3 is 2.42 bits per heavy atom. The van der Waals surface area contributed by atoms with Crippen molar-refractivity contribution in [3.05, 3.63) is 76.5 Å². The topological polar surface area (TPSA) is 105 Å². The van der Waals surface area contributed by atoms with Gasteiger partial charge in [-0.15, -0.1) is 11.3 Å². The molecule has 0 saturated carbocycles. The van der Waals surface area contributed by atoms with E-state index in [1.54, 1.807) is 43.3 Å². The Bertz CT molecular complexity index is 1370. The summed E-state index contributed by atoms with van der Waals surface area (Å²) in [6, 6.07) is 16.2. The van der Waals surface area contributed by atoms with E-state index in [9.17, 15) is 16.8 Å². The molecular formula is C22H23N3O5S3. The first kappa shape index (κ1) is 23.3. The van der Waals surface area contributed by atoms with Gasteiger partial charge in [-0.2, -0.15) is 17.9 Å². The Labute approximate surface area is 197 Å². The van der Waals surface area contributed by atoms with Crippen LogP contribution in [-0.2, 0) is 20.0 Å². The summed E-state index contributed by atoms with van der Waals surface area (Å²) >= 11 is 1.45. The lowest BCUT2D eigenvalue weighted by atomic mass is 10.0. The number of hydrogen-bond acceptors (Lipinski definition) is 7. The fraction of sp³-hybridized carbons (Fsp3) is 0.227. The highest BCUT2D eigenvalue weighted by Gasteiger charge is 2.38. The molecule has 3 aromatic rings. The number of hydrazone groups is 1. The fourth-order valence-corrected chi connectivity index (χ4v) is 6.45. The molecule has 2 aromatic carbocycles. The van der Waals surface area contributed by atoms with Gasteiger partial charge in [-0.25, -0.2) is 8.42 Å². The summed E-state index contributed by atoms with van der Waals surface area (Å²) in [6.45, 7) is 1.55. The SMILES string of the molecule is CCS(=O)(=O)Nc1ccccc1C1=NN(S(=O)(=O)c2ccc(OC)cc2)[C@H](c2cccs2)C1. The van der Waals surface area contributed by atoms with E-state index >= 15 is 0 Å². The largest absolute Gasteiger partial charge is 0.497 e. The minimum absolute atomic E-state index is 0.0798. The van der Waals surface area contributed by atoms with Gasteiger partial charge in [0.2, 0.25) is 10.0 Å². The molecule has 0 aliphatic carbocycles. The molecular weight excluding hydrogens is 482 g/mol. The average Bonchev–Trinajstić information content (AvgIpc) is 3.49. The minimum atomic E-state index is -3.97. The lowest BCUT2D eigenvalue weighted by molar-refractivity contribution is 0.375. The Kier molecular flexibility index (Phi) is 6.46. The second-order valence-corrected chi connectivity index (χ2v) is 12.1. The van der Waals surface area contributed by atoms with Crippen LogP contribution in [0, 0.1) is 0 Å². The van der Waals surface area contributed by atoms with Crippen molar-refractivity contribution in [2.75, 3.05) is 17.6 Å². The molecule has 33 heavy (non-hydrogen) atoms. The summed E-state index contributed by atoms with van der Waals surface area (Å²) in [5.41, 5.74) is 1.40. The van der Waals surface area contributed by atoms with Crippen molar-refractivity contribution < 1.29 is 21.6 Å². The molecule has 1 aliphatic rings. The van der Waals surface area contributed by atoms with Crippen molar-refractivity contribution in [3.8, 4) is 5.75 Å². The van der Waals surface area contributed by atoms with Crippen molar-refractivity contribution in [1.82, 2.24) is 4.41 Å². The van der Waals surface area contributed by atoms with Gasteiger partial charge in [0.25, 0.3) is 10.0 Å². The molecule has 4 rings (SSSR count). The van der Waals surface area contributed by atoms with E-state index < -0.39 is 26.1 Å². The third-order valence-electron chi connectivity index (χ3n) is 5.23. The zero-order valence-corrected chi connectivity index (χ0v) is 20.5. The molecule has 0 spiro atoms. The summed E-state index contributed by atoms with van der Waals surface area (Å²) in [6.07, 6.45) is 0.306. The summed E-state index contributed by atoms with van der Waals surface area (Å²) in [5.74, 6) is 0.468. The molecule has 1 aliphatic heterocycles. The number of nitrogens with zero attached hydrogens (tertiary/aromatic N) is 2. The number of rotatable bonds is 8. The van der Waals surface area contributed by atoms with Gasteiger partial charge in [0, 0.05) is 16.9 Å². The van der Waals surface area contributed by atoms with E-state index in [0.29, 0.717) is 29.1 Å². The molecule has 0 unspecified atom stereocenters. The summed E-state index contributed by atoms with van der Waals surface area (Å²) < 4.78 is 60.3. The first-order valence-corrected chi connectivity index (χ1v) is 14.1. The van der Waals surface area contributed by atoms with E-state index in [4.69, 9.17) is 4.74 Å². The highest BCUT2D eigenvalue weighted by Crippen LogP contribution is 2.40. The van der Waals surface area contributed by atoms with Crippen LogP contribution in [0.1, 0.15) is 29.8 Å². The average molecular weight is 506 g/mol. The lowest BCUT2D eigenvalue weighted by Crippen LogP contribution is -2.26. The van der Waals surface area contributed by atoms with Crippen LogP contribution in [0.5, 0.6) is 5.75 Å². The lowest BCUT2D eigenvalue weighted by Gasteiger charge is -2.22. The third-order valence-corrected chi connectivity index (χ3v) is 9.19. The maximum Gasteiger partial charge on any atom is 0.279 e. The summed E-state index contributed by atoms with van der Waals surface area (Å²) in [7, 11) is -5.98. The van der Waals surface area contributed by atoms with Gasteiger partial charge >= 0.3 is 0 Å². The Morgan fingerprint density at radius 1 is 1.06 bits per heavy atom.